The van der Waals surface area contributed by atoms with Gasteiger partial charge in [0, 0.05) is 12.5 Å². The van der Waals surface area contributed by atoms with E-state index >= 15 is 0 Å². The molecule has 0 aliphatic heterocycles. The second-order valence-electron chi connectivity index (χ2n) is 4.87. The van der Waals surface area contributed by atoms with Crippen LogP contribution in [-0.4, -0.2) is 20.8 Å². The number of hydrogen-bond acceptors (Lipinski definition) is 3. The highest BCUT2D eigenvalue weighted by molar-refractivity contribution is 5.79. The van der Waals surface area contributed by atoms with Crippen LogP contribution in [0.25, 0.3) is 11.2 Å². The van der Waals surface area contributed by atoms with E-state index in [2.05, 4.69) is 9.97 Å². The fourth-order valence-corrected chi connectivity index (χ4v) is 2.30. The van der Waals surface area contributed by atoms with Crippen molar-refractivity contribution >= 4 is 17.5 Å². The Labute approximate surface area is 97.5 Å². The monoisotopic (exact) mass is 233 g/mol. The van der Waals surface area contributed by atoms with Crippen LogP contribution in [0.2, 0.25) is 0 Å². The van der Waals surface area contributed by atoms with E-state index in [4.69, 9.17) is 0 Å². The molecule has 0 amide bonds. The number of rotatable bonds is 2. The average Bonchev–Trinajstić information content (AvgIpc) is 3.00. The second kappa shape index (κ2) is 3.12. The van der Waals surface area contributed by atoms with Crippen molar-refractivity contribution in [1.29, 1.82) is 0 Å². The molecule has 1 saturated carbocycles. The van der Waals surface area contributed by atoms with Gasteiger partial charge in [-0.2, -0.15) is 0 Å². The van der Waals surface area contributed by atoms with Crippen molar-refractivity contribution in [1.82, 2.24) is 14.5 Å². The van der Waals surface area contributed by atoms with Gasteiger partial charge in [0.05, 0.1) is 11.9 Å². The Balaban J connectivity index is 2.35. The molecule has 1 aliphatic carbocycles. The second-order valence-corrected chi connectivity index (χ2v) is 4.87. The molecule has 0 bridgehead atoms. The molecule has 1 aliphatic rings. The van der Waals surface area contributed by atoms with Gasteiger partial charge in [-0.15, -0.1) is 0 Å². The number of carbonyl (C=O) groups excluding carboxylic acids is 1. The molecule has 0 unspecified atom stereocenters. The number of halogens is 1. The molecule has 0 spiro atoms. The lowest BCUT2D eigenvalue weighted by Gasteiger charge is -2.09. The van der Waals surface area contributed by atoms with Crippen LogP contribution in [0.15, 0.2) is 6.20 Å². The normalized spacial score (nSPS) is 17.4. The van der Waals surface area contributed by atoms with Crippen molar-refractivity contribution in [3.05, 3.63) is 23.4 Å². The predicted molar refractivity (Wildman–Crippen MR) is 60.4 cm³/mol. The molecule has 88 valence electrons. The Kier molecular flexibility index (Phi) is 1.91. The summed E-state index contributed by atoms with van der Waals surface area (Å²) in [4.78, 5) is 18.8. The molecule has 0 atom stereocenters. The van der Waals surface area contributed by atoms with Gasteiger partial charge in [0.2, 0.25) is 0 Å². The molecule has 0 radical (unpaired) electrons. The minimum absolute atomic E-state index is 0.0947. The molecule has 2 heterocycles. The minimum Gasteiger partial charge on any atom is -0.328 e. The summed E-state index contributed by atoms with van der Waals surface area (Å²) >= 11 is 0. The molecule has 4 nitrogen and oxygen atoms in total. The Morgan fingerprint density at radius 3 is 2.82 bits per heavy atom. The van der Waals surface area contributed by atoms with Crippen LogP contribution >= 0.6 is 0 Å². The van der Waals surface area contributed by atoms with Crippen LogP contribution in [0, 0.1) is 5.82 Å². The lowest BCUT2D eigenvalue weighted by Crippen LogP contribution is -2.09. The third kappa shape index (κ3) is 1.31. The first kappa shape index (κ1) is 10.4. The first-order valence-electron chi connectivity index (χ1n) is 5.53. The molecule has 2 aromatic rings. The van der Waals surface area contributed by atoms with Gasteiger partial charge in [0.25, 0.3) is 0 Å². The van der Waals surface area contributed by atoms with Gasteiger partial charge in [-0.25, -0.2) is 14.4 Å². The SMILES string of the molecule is Cn1c(C2(C)CC2)c(F)c2ncc(C=O)nc21. The van der Waals surface area contributed by atoms with Crippen LogP contribution in [-0.2, 0) is 12.5 Å². The molecule has 1 fully saturated rings. The summed E-state index contributed by atoms with van der Waals surface area (Å²) in [5.74, 6) is -0.299. The molecular formula is C12H12FN3O. The number of carbonyl (C=O) groups is 1. The van der Waals surface area contributed by atoms with E-state index in [1.54, 1.807) is 11.6 Å². The highest BCUT2D eigenvalue weighted by Gasteiger charge is 2.44. The Hall–Kier alpha value is -1.78. The largest absolute Gasteiger partial charge is 0.328 e. The van der Waals surface area contributed by atoms with E-state index in [9.17, 15) is 9.18 Å². The quantitative estimate of drug-likeness (QED) is 0.745. The van der Waals surface area contributed by atoms with Crippen LogP contribution < -0.4 is 0 Å². The van der Waals surface area contributed by atoms with E-state index in [0.29, 0.717) is 17.6 Å². The molecule has 3 rings (SSSR count). The number of nitrogens with zero attached hydrogens (tertiary/aromatic N) is 3. The topological polar surface area (TPSA) is 47.8 Å². The maximum atomic E-state index is 14.2. The van der Waals surface area contributed by atoms with E-state index in [0.717, 1.165) is 12.8 Å². The fourth-order valence-electron chi connectivity index (χ4n) is 2.30. The number of aryl methyl sites for hydroxylation is 1. The zero-order valence-electron chi connectivity index (χ0n) is 9.70. The van der Waals surface area contributed by atoms with Gasteiger partial charge in [0.15, 0.2) is 17.8 Å². The summed E-state index contributed by atoms with van der Waals surface area (Å²) in [6, 6.07) is 0. The zero-order valence-corrected chi connectivity index (χ0v) is 9.70. The van der Waals surface area contributed by atoms with Crippen molar-refractivity contribution in [3.8, 4) is 0 Å². The highest BCUT2D eigenvalue weighted by atomic mass is 19.1. The number of hydrogen-bond donors (Lipinski definition) is 0. The van der Waals surface area contributed by atoms with Crippen molar-refractivity contribution in [2.24, 2.45) is 7.05 Å². The predicted octanol–water partition coefficient (Wildman–Crippen LogP) is 1.97. The number of aldehydes is 1. The van der Waals surface area contributed by atoms with E-state index < -0.39 is 0 Å². The van der Waals surface area contributed by atoms with E-state index in [-0.39, 0.29) is 22.4 Å². The van der Waals surface area contributed by atoms with E-state index in [1.165, 1.54) is 6.20 Å². The molecule has 2 aromatic heterocycles. The van der Waals surface area contributed by atoms with Gasteiger partial charge >= 0.3 is 0 Å². The zero-order chi connectivity index (χ0) is 12.2. The smallest absolute Gasteiger partial charge is 0.172 e. The fraction of sp³-hybridized carbons (Fsp3) is 0.417. The average molecular weight is 233 g/mol. The van der Waals surface area contributed by atoms with Crippen molar-refractivity contribution in [3.63, 3.8) is 0 Å². The lowest BCUT2D eigenvalue weighted by molar-refractivity contribution is 0.111. The van der Waals surface area contributed by atoms with Gasteiger partial charge in [0.1, 0.15) is 11.2 Å². The molecule has 0 aromatic carbocycles. The Morgan fingerprint density at radius 2 is 2.24 bits per heavy atom. The standard InChI is InChI=1S/C12H12FN3O/c1-12(3-4-12)10-8(13)9-11(16(10)2)15-7(6-17)5-14-9/h5-6H,3-4H2,1-2H3. The maximum absolute atomic E-state index is 14.2. The van der Waals surface area contributed by atoms with Crippen LogP contribution in [0.4, 0.5) is 4.39 Å². The molecule has 5 heteroatoms. The van der Waals surface area contributed by atoms with Crippen molar-refractivity contribution in [2.75, 3.05) is 0 Å². The highest BCUT2D eigenvalue weighted by Crippen LogP contribution is 2.49. The summed E-state index contributed by atoms with van der Waals surface area (Å²) in [7, 11) is 1.77. The third-order valence-corrected chi connectivity index (χ3v) is 3.53. The summed E-state index contributed by atoms with van der Waals surface area (Å²) in [5.41, 5.74) is 1.47. The summed E-state index contributed by atoms with van der Waals surface area (Å²) in [6.45, 7) is 2.03. The van der Waals surface area contributed by atoms with Gasteiger partial charge < -0.3 is 4.57 Å². The first-order valence-corrected chi connectivity index (χ1v) is 5.53. The van der Waals surface area contributed by atoms with Gasteiger partial charge in [-0.05, 0) is 12.8 Å². The number of fused-ring (bicyclic) bond motifs is 1. The van der Waals surface area contributed by atoms with E-state index in [1.807, 2.05) is 6.92 Å². The third-order valence-electron chi connectivity index (χ3n) is 3.53. The van der Waals surface area contributed by atoms with Crippen LogP contribution in [0.5, 0.6) is 0 Å². The van der Waals surface area contributed by atoms with Crippen molar-refractivity contribution in [2.45, 2.75) is 25.2 Å². The maximum Gasteiger partial charge on any atom is 0.172 e. The lowest BCUT2D eigenvalue weighted by atomic mass is 10.1. The molecule has 17 heavy (non-hydrogen) atoms. The summed E-state index contributed by atoms with van der Waals surface area (Å²) < 4.78 is 16.0. The number of aromatic nitrogens is 3. The summed E-state index contributed by atoms with van der Waals surface area (Å²) in [5, 5.41) is 0. The van der Waals surface area contributed by atoms with Crippen LogP contribution in [0.3, 0.4) is 0 Å². The Morgan fingerprint density at radius 1 is 1.53 bits per heavy atom. The van der Waals surface area contributed by atoms with Crippen molar-refractivity contribution < 1.29 is 9.18 Å². The van der Waals surface area contributed by atoms with Gasteiger partial charge in [-0.3, -0.25) is 4.79 Å². The minimum atomic E-state index is -0.299. The first-order chi connectivity index (χ1) is 8.07. The Bertz CT molecular complexity index is 628. The molecule has 0 saturated heterocycles. The summed E-state index contributed by atoms with van der Waals surface area (Å²) in [6.07, 6.45) is 3.89. The van der Waals surface area contributed by atoms with Gasteiger partial charge in [-0.1, -0.05) is 6.92 Å². The molecule has 0 N–H and O–H groups in total. The van der Waals surface area contributed by atoms with Crippen LogP contribution in [0.1, 0.15) is 35.9 Å². The molecular weight excluding hydrogens is 221 g/mol.